The summed E-state index contributed by atoms with van der Waals surface area (Å²) in [6, 6.07) is 0.625. The van der Waals surface area contributed by atoms with Crippen molar-refractivity contribution in [3.63, 3.8) is 0 Å². The van der Waals surface area contributed by atoms with Gasteiger partial charge in [0.05, 0.1) is 0 Å². The summed E-state index contributed by atoms with van der Waals surface area (Å²) >= 11 is 0. The molecule has 4 rings (SSSR count). The number of aromatic hydroxyl groups is 1. The summed E-state index contributed by atoms with van der Waals surface area (Å²) < 4.78 is 55.2. The van der Waals surface area contributed by atoms with Crippen LogP contribution in [0.15, 0.2) is 41.3 Å². The zero-order valence-corrected chi connectivity index (χ0v) is 17.1. The molecule has 0 spiro atoms. The van der Waals surface area contributed by atoms with Crippen molar-refractivity contribution in [3.05, 3.63) is 75.2 Å². The van der Waals surface area contributed by atoms with Crippen LogP contribution in [-0.2, 0) is 6.54 Å². The molecule has 2 atom stereocenters. The Kier molecular flexibility index (Phi) is 5.60. The first-order chi connectivity index (χ1) is 15.6. The highest BCUT2D eigenvalue weighted by molar-refractivity contribution is 5.99. The number of hydrogen-bond donors (Lipinski definition) is 2. The average molecular weight is 466 g/mol. The van der Waals surface area contributed by atoms with Gasteiger partial charge in [-0.05, 0) is 13.0 Å². The first kappa shape index (κ1) is 22.4. The fourth-order valence-electron chi connectivity index (χ4n) is 3.76. The molecule has 1 aromatic carbocycles. The highest BCUT2D eigenvalue weighted by Crippen LogP contribution is 2.28. The molecular formula is C21H18F4N4O4. The fraction of sp³-hybridized carbons (Fsp3) is 0.286. The molecule has 0 fully saturated rings. The van der Waals surface area contributed by atoms with Crippen molar-refractivity contribution in [2.24, 2.45) is 0 Å². The van der Waals surface area contributed by atoms with Crippen molar-refractivity contribution >= 4 is 11.8 Å². The van der Waals surface area contributed by atoms with Crippen molar-refractivity contribution in [1.82, 2.24) is 14.9 Å². The van der Waals surface area contributed by atoms with Gasteiger partial charge in [0.1, 0.15) is 29.9 Å². The fourth-order valence-corrected chi connectivity index (χ4v) is 3.76. The van der Waals surface area contributed by atoms with E-state index in [-0.39, 0.29) is 12.2 Å². The Labute approximate surface area is 184 Å². The van der Waals surface area contributed by atoms with Crippen LogP contribution < -0.4 is 15.8 Å². The summed E-state index contributed by atoms with van der Waals surface area (Å²) in [5, 5.41) is 13.8. The third kappa shape index (κ3) is 3.81. The van der Waals surface area contributed by atoms with Crippen LogP contribution in [0.4, 0.5) is 17.6 Å². The van der Waals surface area contributed by atoms with Crippen molar-refractivity contribution in [2.45, 2.75) is 32.0 Å². The number of fused-ring (bicyclic) bond motifs is 4. The number of nitrogens with zero attached hydrogens (tertiary/aromatic N) is 3. The molecule has 33 heavy (non-hydrogen) atoms. The molecule has 8 nitrogen and oxygen atoms in total. The van der Waals surface area contributed by atoms with E-state index in [4.69, 9.17) is 0 Å². The van der Waals surface area contributed by atoms with E-state index in [1.165, 1.54) is 17.1 Å². The second kappa shape index (κ2) is 8.26. The lowest BCUT2D eigenvalue weighted by molar-refractivity contribution is 0.0597. The zero-order chi connectivity index (χ0) is 24.0. The minimum absolute atomic E-state index is 0.0674. The molecule has 12 heteroatoms. The number of rotatable bonds is 4. The number of hydrogen-bond acceptors (Lipinski definition) is 5. The minimum atomic E-state index is -2.88. The topological polar surface area (TPSA) is 94.9 Å². The van der Waals surface area contributed by atoms with Crippen LogP contribution in [0, 0.1) is 11.6 Å². The van der Waals surface area contributed by atoms with Crippen LogP contribution in [0.2, 0.25) is 0 Å². The number of benzene rings is 1. The van der Waals surface area contributed by atoms with E-state index in [1.807, 2.05) is 0 Å². The van der Waals surface area contributed by atoms with E-state index in [9.17, 15) is 37.1 Å². The van der Waals surface area contributed by atoms with Gasteiger partial charge in [0, 0.05) is 30.4 Å². The van der Waals surface area contributed by atoms with Crippen LogP contribution in [0.1, 0.15) is 33.3 Å². The van der Waals surface area contributed by atoms with E-state index in [2.05, 4.69) is 5.32 Å². The predicted molar refractivity (Wildman–Crippen MR) is 108 cm³/mol. The lowest BCUT2D eigenvalue weighted by atomic mass is 10.1. The Bertz CT molecular complexity index is 1230. The summed E-state index contributed by atoms with van der Waals surface area (Å²) in [7, 11) is 0. The SMILES string of the molecule is C[C@H]1C=C[C@@H](C(F)F)N2CN1C(=O)c1c(O)c(=O)c(C(=O)NCc3ccc(F)cc3F)cn12. The Balaban J connectivity index is 1.73. The van der Waals surface area contributed by atoms with Crippen LogP contribution in [-0.4, -0.2) is 51.7 Å². The standard InChI is InChI=1S/C21H18F4N4O4/c1-10-2-5-15(19(24)25)29-9-27(10)21(33)16-18(31)17(30)13(8-28(16)29)20(32)26-7-11-3-4-12(22)6-14(11)23/h2-6,8,10,15,19,31H,7,9H2,1H3,(H,26,32)/t10-,15-/m0/s1. The molecule has 0 aliphatic carbocycles. The lowest BCUT2D eigenvalue weighted by Gasteiger charge is -2.42. The maximum absolute atomic E-state index is 13.8. The van der Waals surface area contributed by atoms with Crippen molar-refractivity contribution < 1.29 is 32.3 Å². The van der Waals surface area contributed by atoms with Crippen molar-refractivity contribution in [2.75, 3.05) is 11.7 Å². The first-order valence-corrected chi connectivity index (χ1v) is 9.85. The van der Waals surface area contributed by atoms with Crippen LogP contribution in [0.5, 0.6) is 5.75 Å². The number of halogens is 4. The molecule has 2 aliphatic heterocycles. The molecule has 3 heterocycles. The monoisotopic (exact) mass is 466 g/mol. The maximum Gasteiger partial charge on any atom is 0.278 e. The van der Waals surface area contributed by atoms with Gasteiger partial charge < -0.3 is 15.3 Å². The molecular weight excluding hydrogens is 448 g/mol. The molecule has 2 bridgehead atoms. The highest BCUT2D eigenvalue weighted by Gasteiger charge is 2.41. The molecule has 2 aliphatic rings. The average Bonchev–Trinajstić information content (AvgIpc) is 2.91. The van der Waals surface area contributed by atoms with Gasteiger partial charge >= 0.3 is 0 Å². The minimum Gasteiger partial charge on any atom is -0.502 e. The van der Waals surface area contributed by atoms with E-state index >= 15 is 0 Å². The maximum atomic E-state index is 13.8. The van der Waals surface area contributed by atoms with Gasteiger partial charge in [-0.15, -0.1) is 0 Å². The Morgan fingerprint density at radius 1 is 1.24 bits per heavy atom. The Hall–Kier alpha value is -3.83. The summed E-state index contributed by atoms with van der Waals surface area (Å²) in [4.78, 5) is 39.4. The van der Waals surface area contributed by atoms with E-state index < -0.39 is 70.9 Å². The summed E-state index contributed by atoms with van der Waals surface area (Å²) in [5.41, 5.74) is -2.45. The number of nitrogens with one attached hydrogen (secondary N) is 1. The van der Waals surface area contributed by atoms with Gasteiger partial charge in [0.25, 0.3) is 18.2 Å². The number of carbonyl (C=O) groups excluding carboxylic acids is 2. The van der Waals surface area contributed by atoms with Gasteiger partial charge in [-0.1, -0.05) is 18.2 Å². The largest absolute Gasteiger partial charge is 0.502 e. The molecule has 0 saturated carbocycles. The van der Waals surface area contributed by atoms with Gasteiger partial charge in [-0.2, -0.15) is 0 Å². The predicted octanol–water partition coefficient (Wildman–Crippen LogP) is 1.71. The summed E-state index contributed by atoms with van der Waals surface area (Å²) in [6.45, 7) is 0.907. The molecule has 2 aromatic rings. The second-order valence-corrected chi connectivity index (χ2v) is 7.64. The Morgan fingerprint density at radius 3 is 2.64 bits per heavy atom. The zero-order valence-electron chi connectivity index (χ0n) is 17.1. The highest BCUT2D eigenvalue weighted by atomic mass is 19.3. The quantitative estimate of drug-likeness (QED) is 0.529. The van der Waals surface area contributed by atoms with E-state index in [0.717, 1.165) is 28.0 Å². The molecule has 174 valence electrons. The molecule has 2 N–H and O–H groups in total. The van der Waals surface area contributed by atoms with E-state index in [0.29, 0.717) is 6.07 Å². The van der Waals surface area contributed by atoms with Crippen LogP contribution in [0.25, 0.3) is 0 Å². The number of carbonyl (C=O) groups is 2. The van der Waals surface area contributed by atoms with E-state index in [1.54, 1.807) is 6.92 Å². The molecule has 0 unspecified atom stereocenters. The number of alkyl halides is 2. The molecule has 0 radical (unpaired) electrons. The lowest BCUT2D eigenvalue weighted by Crippen LogP contribution is -2.59. The number of amides is 2. The Morgan fingerprint density at radius 2 is 1.97 bits per heavy atom. The summed E-state index contributed by atoms with van der Waals surface area (Å²) in [5.74, 6) is -4.62. The van der Waals surface area contributed by atoms with Gasteiger partial charge in [-0.3, -0.25) is 24.1 Å². The van der Waals surface area contributed by atoms with Crippen LogP contribution in [0.3, 0.4) is 0 Å². The summed E-state index contributed by atoms with van der Waals surface area (Å²) in [6.07, 6.45) is 0.641. The third-order valence-electron chi connectivity index (χ3n) is 5.58. The number of aromatic nitrogens is 1. The molecule has 0 saturated heterocycles. The van der Waals surface area contributed by atoms with Gasteiger partial charge in [0.15, 0.2) is 11.4 Å². The first-order valence-electron chi connectivity index (χ1n) is 9.85. The normalized spacial score (nSPS) is 19.5. The molecule has 1 aromatic heterocycles. The second-order valence-electron chi connectivity index (χ2n) is 7.64. The third-order valence-corrected chi connectivity index (χ3v) is 5.58. The smallest absolute Gasteiger partial charge is 0.278 e. The van der Waals surface area contributed by atoms with Gasteiger partial charge in [-0.25, -0.2) is 17.6 Å². The van der Waals surface area contributed by atoms with Crippen LogP contribution >= 0.6 is 0 Å². The van der Waals surface area contributed by atoms with Gasteiger partial charge in [0.2, 0.25) is 5.43 Å². The van der Waals surface area contributed by atoms with Crippen molar-refractivity contribution in [1.29, 1.82) is 0 Å². The van der Waals surface area contributed by atoms with Crippen molar-refractivity contribution in [3.8, 4) is 5.75 Å². The number of pyridine rings is 1. The molecule has 2 amide bonds.